The molecule has 0 aliphatic carbocycles. The highest BCUT2D eigenvalue weighted by atomic mass is 15.4. The van der Waals surface area contributed by atoms with E-state index in [1.54, 1.807) is 23.4 Å². The first kappa shape index (κ1) is 8.24. The second-order valence-electron chi connectivity index (χ2n) is 2.12. The molecule has 0 heterocycles. The summed E-state index contributed by atoms with van der Waals surface area (Å²) in [5.74, 6) is 5.50. The molecule has 0 aromatic rings. The van der Waals surface area contributed by atoms with E-state index in [1.165, 1.54) is 0 Å². The van der Waals surface area contributed by atoms with Crippen molar-refractivity contribution in [2.75, 3.05) is 0 Å². The third-order valence-corrected chi connectivity index (χ3v) is 0.991. The van der Waals surface area contributed by atoms with Crippen molar-refractivity contribution in [2.24, 2.45) is 5.84 Å². The summed E-state index contributed by atoms with van der Waals surface area (Å²) in [4.78, 5) is 0. The molecule has 0 rings (SSSR count). The zero-order chi connectivity index (χ0) is 7.28. The second-order valence-corrected chi connectivity index (χ2v) is 2.12. The van der Waals surface area contributed by atoms with Crippen molar-refractivity contribution in [3.05, 3.63) is 24.9 Å². The van der Waals surface area contributed by atoms with Gasteiger partial charge in [0, 0.05) is 12.2 Å². The van der Waals surface area contributed by atoms with Crippen molar-refractivity contribution in [1.82, 2.24) is 5.01 Å². The van der Waals surface area contributed by atoms with Gasteiger partial charge < -0.3 is 5.01 Å². The summed E-state index contributed by atoms with van der Waals surface area (Å²) in [7, 11) is 0. The molecule has 0 radical (unpaired) electrons. The molecule has 52 valence electrons. The van der Waals surface area contributed by atoms with E-state index in [0.717, 1.165) is 0 Å². The quantitative estimate of drug-likeness (QED) is 0.350. The maximum absolute atomic E-state index is 5.50. The van der Waals surface area contributed by atoms with Crippen LogP contribution in [0.25, 0.3) is 0 Å². The van der Waals surface area contributed by atoms with Crippen LogP contribution >= 0.6 is 0 Å². The molecule has 2 nitrogen and oxygen atoms in total. The van der Waals surface area contributed by atoms with E-state index in [2.05, 4.69) is 6.58 Å². The Labute approximate surface area is 56.6 Å². The molecular formula is C7H14N2. The Kier molecular flexibility index (Phi) is 3.80. The first-order chi connectivity index (χ1) is 4.18. The normalized spacial score (nSPS) is 10.7. The third kappa shape index (κ3) is 3.79. The van der Waals surface area contributed by atoms with Gasteiger partial charge in [-0.3, -0.25) is 0 Å². The van der Waals surface area contributed by atoms with Crippen LogP contribution in [0.2, 0.25) is 0 Å². The summed E-state index contributed by atoms with van der Waals surface area (Å²) >= 11 is 0. The van der Waals surface area contributed by atoms with Gasteiger partial charge in [-0.2, -0.15) is 0 Å². The highest BCUT2D eigenvalue weighted by Gasteiger charge is 1.93. The first-order valence-electron chi connectivity index (χ1n) is 3.00. The highest BCUT2D eigenvalue weighted by molar-refractivity contribution is 4.96. The van der Waals surface area contributed by atoms with Crippen LogP contribution in [-0.4, -0.2) is 11.1 Å². The van der Waals surface area contributed by atoms with Gasteiger partial charge in [0.25, 0.3) is 0 Å². The average Bonchev–Trinajstić information content (AvgIpc) is 1.82. The Morgan fingerprint density at radius 1 is 1.56 bits per heavy atom. The Bertz CT molecular complexity index is 105. The Morgan fingerprint density at radius 3 is 2.44 bits per heavy atom. The predicted molar refractivity (Wildman–Crippen MR) is 40.5 cm³/mol. The number of rotatable bonds is 3. The van der Waals surface area contributed by atoms with Gasteiger partial charge in [-0.05, 0) is 19.9 Å². The van der Waals surface area contributed by atoms with Crippen LogP contribution in [0.3, 0.4) is 0 Å². The van der Waals surface area contributed by atoms with Crippen LogP contribution in [0.4, 0.5) is 0 Å². The van der Waals surface area contributed by atoms with Crippen molar-refractivity contribution in [2.45, 2.75) is 19.9 Å². The van der Waals surface area contributed by atoms with Crippen molar-refractivity contribution in [3.8, 4) is 0 Å². The smallest absolute Gasteiger partial charge is 0.0389 e. The van der Waals surface area contributed by atoms with E-state index in [0.29, 0.717) is 6.04 Å². The topological polar surface area (TPSA) is 29.3 Å². The minimum absolute atomic E-state index is 0.348. The molecule has 9 heavy (non-hydrogen) atoms. The fraction of sp³-hybridized carbons (Fsp3) is 0.429. The Hall–Kier alpha value is -0.760. The largest absolute Gasteiger partial charge is 0.316 e. The van der Waals surface area contributed by atoms with Gasteiger partial charge in [0.15, 0.2) is 0 Å². The monoisotopic (exact) mass is 126 g/mol. The van der Waals surface area contributed by atoms with E-state index in [4.69, 9.17) is 5.84 Å². The fourth-order valence-electron chi connectivity index (χ4n) is 0.332. The molecule has 0 amide bonds. The number of allylic oxidation sites excluding steroid dienone is 2. The lowest BCUT2D eigenvalue weighted by Gasteiger charge is -2.16. The molecule has 0 unspecified atom stereocenters. The highest BCUT2D eigenvalue weighted by Crippen LogP contribution is 1.89. The summed E-state index contributed by atoms with van der Waals surface area (Å²) in [6.45, 7) is 7.57. The van der Waals surface area contributed by atoms with Gasteiger partial charge in [-0.25, -0.2) is 5.84 Å². The number of hydrogen-bond donors (Lipinski definition) is 1. The van der Waals surface area contributed by atoms with Crippen molar-refractivity contribution >= 4 is 0 Å². The van der Waals surface area contributed by atoms with E-state index in [9.17, 15) is 0 Å². The van der Waals surface area contributed by atoms with Crippen LogP contribution in [0, 0.1) is 0 Å². The Balaban J connectivity index is 3.61. The number of nitrogens with zero attached hydrogens (tertiary/aromatic N) is 1. The predicted octanol–water partition coefficient (Wildman–Crippen LogP) is 1.27. The molecule has 2 N–H and O–H groups in total. The minimum Gasteiger partial charge on any atom is -0.316 e. The van der Waals surface area contributed by atoms with Crippen LogP contribution in [0.1, 0.15) is 13.8 Å². The van der Waals surface area contributed by atoms with Crippen LogP contribution in [0.5, 0.6) is 0 Å². The molecule has 0 saturated heterocycles. The molecule has 0 aliphatic rings. The number of hydrazine groups is 1. The maximum Gasteiger partial charge on any atom is 0.0389 e. The van der Waals surface area contributed by atoms with Gasteiger partial charge in [0.2, 0.25) is 0 Å². The minimum atomic E-state index is 0.348. The molecule has 0 aromatic carbocycles. The van der Waals surface area contributed by atoms with Gasteiger partial charge in [-0.15, -0.1) is 0 Å². The lowest BCUT2D eigenvalue weighted by molar-refractivity contribution is 0.323. The van der Waals surface area contributed by atoms with E-state index >= 15 is 0 Å². The molecule has 0 spiro atoms. The number of nitrogens with two attached hydrogens (primary N) is 1. The molecule has 0 atom stereocenters. The lowest BCUT2D eigenvalue weighted by Crippen LogP contribution is -2.31. The van der Waals surface area contributed by atoms with Crippen molar-refractivity contribution < 1.29 is 0 Å². The molecule has 0 saturated carbocycles. The molecule has 0 bridgehead atoms. The second kappa shape index (κ2) is 4.15. The van der Waals surface area contributed by atoms with Crippen LogP contribution in [0.15, 0.2) is 24.9 Å². The maximum atomic E-state index is 5.50. The summed E-state index contributed by atoms with van der Waals surface area (Å²) in [6, 6.07) is 0.348. The van der Waals surface area contributed by atoms with Gasteiger partial charge in [-0.1, -0.05) is 12.7 Å². The van der Waals surface area contributed by atoms with Gasteiger partial charge >= 0.3 is 0 Å². The molecule has 2 heteroatoms. The molecule has 0 fully saturated rings. The molecule has 0 aliphatic heterocycles. The first-order valence-corrected chi connectivity index (χ1v) is 3.00. The Morgan fingerprint density at radius 2 is 2.11 bits per heavy atom. The van der Waals surface area contributed by atoms with Crippen molar-refractivity contribution in [3.63, 3.8) is 0 Å². The molecule has 0 aromatic heterocycles. The zero-order valence-electron chi connectivity index (χ0n) is 6.04. The SMILES string of the molecule is C=C/C=C\N(N)C(C)C. The van der Waals surface area contributed by atoms with Crippen molar-refractivity contribution in [1.29, 1.82) is 0 Å². The van der Waals surface area contributed by atoms with E-state index in [1.807, 2.05) is 13.8 Å². The number of hydrogen-bond acceptors (Lipinski definition) is 2. The summed E-state index contributed by atoms with van der Waals surface area (Å²) in [5.41, 5.74) is 0. The summed E-state index contributed by atoms with van der Waals surface area (Å²) < 4.78 is 0. The van der Waals surface area contributed by atoms with Crippen LogP contribution in [-0.2, 0) is 0 Å². The van der Waals surface area contributed by atoms with Gasteiger partial charge in [0.1, 0.15) is 0 Å². The molecular weight excluding hydrogens is 112 g/mol. The van der Waals surface area contributed by atoms with Gasteiger partial charge in [0.05, 0.1) is 0 Å². The van der Waals surface area contributed by atoms with Crippen LogP contribution < -0.4 is 5.84 Å². The summed E-state index contributed by atoms with van der Waals surface area (Å²) in [5, 5.41) is 1.63. The fourth-order valence-corrected chi connectivity index (χ4v) is 0.332. The third-order valence-electron chi connectivity index (χ3n) is 0.991. The zero-order valence-corrected chi connectivity index (χ0v) is 6.04. The lowest BCUT2D eigenvalue weighted by atomic mass is 10.4. The standard InChI is InChI=1S/C7H14N2/c1-4-5-6-9(8)7(2)3/h4-7H,1,8H2,2-3H3/b6-5-. The summed E-state index contributed by atoms with van der Waals surface area (Å²) in [6.07, 6.45) is 5.29. The van der Waals surface area contributed by atoms with E-state index in [-0.39, 0.29) is 0 Å². The average molecular weight is 126 g/mol. The van der Waals surface area contributed by atoms with E-state index < -0.39 is 0 Å².